The van der Waals surface area contributed by atoms with E-state index in [1.165, 1.54) is 34.2 Å². The zero-order valence-corrected chi connectivity index (χ0v) is 20.1. The normalized spacial score (nSPS) is 14.2. The Balaban J connectivity index is 1.44. The van der Waals surface area contributed by atoms with E-state index in [0.717, 1.165) is 42.3 Å². The number of nitrogens with one attached hydrogen (secondary N) is 1. The van der Waals surface area contributed by atoms with Gasteiger partial charge >= 0.3 is 0 Å². The molecule has 0 radical (unpaired) electrons. The predicted octanol–water partition coefficient (Wildman–Crippen LogP) is 4.75. The van der Waals surface area contributed by atoms with Gasteiger partial charge in [0, 0.05) is 17.5 Å². The van der Waals surface area contributed by atoms with Crippen LogP contribution in [0.15, 0.2) is 52.9 Å². The summed E-state index contributed by atoms with van der Waals surface area (Å²) in [6.07, 6.45) is 7.80. The number of carbonyl (C=O) groups is 1. The molecule has 168 valence electrons. The molecule has 0 saturated heterocycles. The number of benzene rings is 1. The Labute approximate surface area is 197 Å². The molecule has 0 aliphatic heterocycles. The van der Waals surface area contributed by atoms with E-state index in [0.29, 0.717) is 11.7 Å². The summed E-state index contributed by atoms with van der Waals surface area (Å²) in [4.78, 5) is 32.7. The lowest BCUT2D eigenvalue weighted by molar-refractivity contribution is -0.119. The first-order valence-electron chi connectivity index (χ1n) is 11.2. The molecule has 1 aliphatic carbocycles. The first-order chi connectivity index (χ1) is 15.6. The molecular formula is C25H29N3O2S2. The number of amides is 1. The fourth-order valence-electron chi connectivity index (χ4n) is 4.17. The Morgan fingerprint density at radius 2 is 2.09 bits per heavy atom. The lowest BCUT2D eigenvalue weighted by Gasteiger charge is -2.15. The second-order valence-corrected chi connectivity index (χ2v) is 10.3. The van der Waals surface area contributed by atoms with Gasteiger partial charge in [0.2, 0.25) is 5.91 Å². The van der Waals surface area contributed by atoms with Crippen LogP contribution < -0.4 is 10.9 Å². The summed E-state index contributed by atoms with van der Waals surface area (Å²) < 4.78 is 1.66. The largest absolute Gasteiger partial charge is 0.353 e. The minimum Gasteiger partial charge on any atom is -0.353 e. The van der Waals surface area contributed by atoms with Crippen molar-refractivity contribution in [2.75, 3.05) is 5.75 Å². The van der Waals surface area contributed by atoms with Crippen LogP contribution in [0.2, 0.25) is 0 Å². The van der Waals surface area contributed by atoms with Crippen molar-refractivity contribution in [2.24, 2.45) is 0 Å². The molecule has 1 aliphatic rings. The Morgan fingerprint density at radius 3 is 2.88 bits per heavy atom. The van der Waals surface area contributed by atoms with Gasteiger partial charge in [-0.15, -0.1) is 17.9 Å². The van der Waals surface area contributed by atoms with Crippen LogP contribution in [0.25, 0.3) is 10.2 Å². The van der Waals surface area contributed by atoms with Crippen molar-refractivity contribution in [1.29, 1.82) is 0 Å². The summed E-state index contributed by atoms with van der Waals surface area (Å²) in [5.41, 5.74) is 2.45. The Hall–Kier alpha value is -2.38. The molecule has 0 spiro atoms. The number of aryl methyl sites for hydroxylation is 3. The highest BCUT2D eigenvalue weighted by molar-refractivity contribution is 7.99. The summed E-state index contributed by atoms with van der Waals surface area (Å²) in [7, 11) is 0. The number of hydrogen-bond donors (Lipinski definition) is 1. The predicted molar refractivity (Wildman–Crippen MR) is 134 cm³/mol. The Kier molecular flexibility index (Phi) is 7.48. The molecule has 1 atom stereocenters. The van der Waals surface area contributed by atoms with E-state index in [2.05, 4.69) is 24.0 Å². The van der Waals surface area contributed by atoms with E-state index in [4.69, 9.17) is 4.98 Å². The van der Waals surface area contributed by atoms with E-state index >= 15 is 0 Å². The standard InChI is InChI=1S/C25H29N3O2S2/c1-3-15-28-24(30)22-19-11-7-8-12-20(19)32-23(22)27-25(28)31-16-21(29)26-17(2)13-14-18-9-5-4-6-10-18/h3-6,9-10,17H,1,7-8,11-16H2,2H3,(H,26,29). The SMILES string of the molecule is C=CCn1c(SCC(=O)NC(C)CCc2ccccc2)nc2sc3c(c2c1=O)CCCC3. The van der Waals surface area contributed by atoms with Crippen LogP contribution in [0.4, 0.5) is 0 Å². The monoisotopic (exact) mass is 467 g/mol. The van der Waals surface area contributed by atoms with E-state index in [1.54, 1.807) is 22.0 Å². The van der Waals surface area contributed by atoms with Crippen LogP contribution in [0, 0.1) is 0 Å². The van der Waals surface area contributed by atoms with Crippen LogP contribution in [0.3, 0.4) is 0 Å². The third-order valence-corrected chi connectivity index (χ3v) is 7.96. The van der Waals surface area contributed by atoms with Crippen molar-refractivity contribution in [3.8, 4) is 0 Å². The van der Waals surface area contributed by atoms with Gasteiger partial charge in [0.25, 0.3) is 5.56 Å². The van der Waals surface area contributed by atoms with Gasteiger partial charge in [-0.25, -0.2) is 4.98 Å². The molecule has 5 nitrogen and oxygen atoms in total. The molecular weight excluding hydrogens is 438 g/mol. The molecule has 1 N–H and O–H groups in total. The maximum atomic E-state index is 13.3. The van der Waals surface area contributed by atoms with Crippen molar-refractivity contribution in [3.63, 3.8) is 0 Å². The van der Waals surface area contributed by atoms with Gasteiger partial charge in [0.1, 0.15) is 4.83 Å². The summed E-state index contributed by atoms with van der Waals surface area (Å²) in [5, 5.41) is 4.43. The molecule has 7 heteroatoms. The molecule has 0 fully saturated rings. The molecule has 4 rings (SSSR count). The van der Waals surface area contributed by atoms with Crippen LogP contribution in [-0.2, 0) is 30.6 Å². The van der Waals surface area contributed by atoms with Crippen molar-refractivity contribution >= 4 is 39.2 Å². The van der Waals surface area contributed by atoms with Crippen molar-refractivity contribution in [3.05, 3.63) is 69.3 Å². The number of carbonyl (C=O) groups excluding carboxylic acids is 1. The van der Waals surface area contributed by atoms with Gasteiger partial charge in [0.15, 0.2) is 5.16 Å². The molecule has 32 heavy (non-hydrogen) atoms. The van der Waals surface area contributed by atoms with Crippen molar-refractivity contribution < 1.29 is 4.79 Å². The lowest BCUT2D eigenvalue weighted by atomic mass is 9.97. The Bertz CT molecular complexity index is 1170. The minimum absolute atomic E-state index is 0.00608. The summed E-state index contributed by atoms with van der Waals surface area (Å²) in [6.45, 7) is 6.22. The summed E-state index contributed by atoms with van der Waals surface area (Å²) in [6, 6.07) is 10.4. The van der Waals surface area contributed by atoms with E-state index < -0.39 is 0 Å². The highest BCUT2D eigenvalue weighted by Gasteiger charge is 2.22. The topological polar surface area (TPSA) is 64.0 Å². The van der Waals surface area contributed by atoms with Gasteiger partial charge in [-0.2, -0.15) is 0 Å². The summed E-state index contributed by atoms with van der Waals surface area (Å²) in [5.74, 6) is 0.191. The number of thioether (sulfide) groups is 1. The molecule has 3 aromatic rings. The van der Waals surface area contributed by atoms with Crippen LogP contribution in [-0.4, -0.2) is 27.3 Å². The maximum Gasteiger partial charge on any atom is 0.263 e. The van der Waals surface area contributed by atoms with E-state index in [-0.39, 0.29) is 23.3 Å². The number of aromatic nitrogens is 2. The minimum atomic E-state index is -0.0412. The first kappa shape index (κ1) is 22.8. The second-order valence-electron chi connectivity index (χ2n) is 8.27. The van der Waals surface area contributed by atoms with Crippen LogP contribution in [0.1, 0.15) is 42.2 Å². The third-order valence-electron chi connectivity index (χ3n) is 5.80. The quantitative estimate of drug-likeness (QED) is 0.280. The molecule has 1 amide bonds. The number of thiophene rings is 1. The Morgan fingerprint density at radius 1 is 1.31 bits per heavy atom. The number of hydrogen-bond acceptors (Lipinski definition) is 5. The molecule has 0 bridgehead atoms. The smallest absolute Gasteiger partial charge is 0.263 e. The average molecular weight is 468 g/mol. The van der Waals surface area contributed by atoms with Gasteiger partial charge in [-0.05, 0) is 56.6 Å². The van der Waals surface area contributed by atoms with Gasteiger partial charge in [-0.1, -0.05) is 48.2 Å². The zero-order chi connectivity index (χ0) is 22.5. The fraction of sp³-hybridized carbons (Fsp3) is 0.400. The number of allylic oxidation sites excluding steroid dienone is 1. The number of nitrogens with zero attached hydrogens (tertiary/aromatic N) is 2. The second kappa shape index (κ2) is 10.5. The van der Waals surface area contributed by atoms with Crippen molar-refractivity contribution in [2.45, 2.75) is 63.2 Å². The molecule has 2 heterocycles. The van der Waals surface area contributed by atoms with Crippen molar-refractivity contribution in [1.82, 2.24) is 14.9 Å². The average Bonchev–Trinajstić information content (AvgIpc) is 3.17. The lowest BCUT2D eigenvalue weighted by Crippen LogP contribution is -2.34. The molecule has 0 saturated carbocycles. The maximum absolute atomic E-state index is 13.3. The first-order valence-corrected chi connectivity index (χ1v) is 13.0. The van der Waals surface area contributed by atoms with Crippen LogP contribution >= 0.6 is 23.1 Å². The van der Waals surface area contributed by atoms with E-state index in [1.807, 2.05) is 25.1 Å². The molecule has 1 aromatic carbocycles. The highest BCUT2D eigenvalue weighted by Crippen LogP contribution is 2.34. The highest BCUT2D eigenvalue weighted by atomic mass is 32.2. The fourth-order valence-corrected chi connectivity index (χ4v) is 6.29. The molecule has 2 aromatic heterocycles. The third kappa shape index (κ3) is 5.15. The van der Waals surface area contributed by atoms with Gasteiger partial charge in [0.05, 0.1) is 11.1 Å². The number of rotatable bonds is 9. The molecule has 1 unspecified atom stereocenters. The van der Waals surface area contributed by atoms with Gasteiger partial charge in [-0.3, -0.25) is 14.2 Å². The van der Waals surface area contributed by atoms with E-state index in [9.17, 15) is 9.59 Å². The number of fused-ring (bicyclic) bond motifs is 3. The van der Waals surface area contributed by atoms with Gasteiger partial charge < -0.3 is 5.32 Å². The van der Waals surface area contributed by atoms with Crippen LogP contribution in [0.5, 0.6) is 0 Å². The zero-order valence-electron chi connectivity index (χ0n) is 18.4. The summed E-state index contributed by atoms with van der Waals surface area (Å²) >= 11 is 2.97.